The molecule has 0 saturated carbocycles. The van der Waals surface area contributed by atoms with E-state index in [1.54, 1.807) is 0 Å². The molecule has 0 unspecified atom stereocenters. The topological polar surface area (TPSA) is 111 Å². The molecule has 1 fully saturated rings. The second-order valence-corrected chi connectivity index (χ2v) is 6.10. The molecule has 0 bridgehead atoms. The SMILES string of the molecule is O=C1NC(=S)NC(=O)C1=Cc1cc([N+](=O)[O-])ccc1OCc1ccc(F)cc1. The fourth-order valence-corrected chi connectivity index (χ4v) is 2.58. The van der Waals surface area contributed by atoms with Crippen LogP contribution in [0.3, 0.4) is 0 Å². The molecule has 0 atom stereocenters. The molecule has 1 heterocycles. The fraction of sp³-hybridized carbons (Fsp3) is 0.0556. The highest BCUT2D eigenvalue weighted by Crippen LogP contribution is 2.27. The van der Waals surface area contributed by atoms with Gasteiger partial charge in [0.05, 0.1) is 4.92 Å². The Balaban J connectivity index is 1.94. The Labute approximate surface area is 163 Å². The first-order valence-electron chi connectivity index (χ1n) is 7.87. The molecule has 0 spiro atoms. The molecule has 10 heteroatoms. The van der Waals surface area contributed by atoms with Crippen molar-refractivity contribution in [3.63, 3.8) is 0 Å². The first-order valence-corrected chi connectivity index (χ1v) is 8.28. The molecular formula is C18H12FN3O5S. The van der Waals surface area contributed by atoms with Gasteiger partial charge in [0.15, 0.2) is 5.11 Å². The molecule has 1 aliphatic rings. The fourth-order valence-electron chi connectivity index (χ4n) is 2.40. The number of amides is 2. The summed E-state index contributed by atoms with van der Waals surface area (Å²) in [6.07, 6.45) is 1.18. The van der Waals surface area contributed by atoms with Crippen LogP contribution in [0.5, 0.6) is 5.75 Å². The number of nitro benzene ring substituents is 1. The number of hydrogen-bond donors (Lipinski definition) is 2. The van der Waals surface area contributed by atoms with E-state index in [0.29, 0.717) is 5.56 Å². The van der Waals surface area contributed by atoms with Gasteiger partial charge in [0.1, 0.15) is 23.7 Å². The van der Waals surface area contributed by atoms with Crippen molar-refractivity contribution in [2.24, 2.45) is 0 Å². The summed E-state index contributed by atoms with van der Waals surface area (Å²) in [6, 6.07) is 9.38. The maximum absolute atomic E-state index is 13.0. The zero-order valence-corrected chi connectivity index (χ0v) is 14.9. The number of nitrogens with one attached hydrogen (secondary N) is 2. The average Bonchev–Trinajstić information content (AvgIpc) is 2.64. The molecule has 142 valence electrons. The highest BCUT2D eigenvalue weighted by Gasteiger charge is 2.26. The number of ether oxygens (including phenoxy) is 1. The molecule has 0 radical (unpaired) electrons. The Morgan fingerprint density at radius 2 is 1.75 bits per heavy atom. The monoisotopic (exact) mass is 401 g/mol. The molecular weight excluding hydrogens is 389 g/mol. The smallest absolute Gasteiger partial charge is 0.270 e. The Morgan fingerprint density at radius 1 is 1.11 bits per heavy atom. The molecule has 2 amide bonds. The van der Waals surface area contributed by atoms with Gasteiger partial charge in [-0.3, -0.25) is 30.3 Å². The number of rotatable bonds is 5. The standard InChI is InChI=1S/C18H12FN3O5S/c19-12-3-1-10(2-4-12)9-27-15-6-5-13(22(25)26)7-11(15)8-14-16(23)20-18(28)21-17(14)24/h1-8H,9H2,(H2,20,21,23,24,28). The van der Waals surface area contributed by atoms with Gasteiger partial charge in [0.25, 0.3) is 17.5 Å². The number of halogens is 1. The van der Waals surface area contributed by atoms with E-state index in [1.807, 2.05) is 0 Å². The zero-order valence-electron chi connectivity index (χ0n) is 14.1. The molecule has 1 saturated heterocycles. The summed E-state index contributed by atoms with van der Waals surface area (Å²) >= 11 is 4.73. The lowest BCUT2D eigenvalue weighted by Gasteiger charge is -2.17. The van der Waals surface area contributed by atoms with Crippen LogP contribution in [0.4, 0.5) is 10.1 Å². The van der Waals surface area contributed by atoms with Crippen LogP contribution in [0.15, 0.2) is 48.0 Å². The summed E-state index contributed by atoms with van der Waals surface area (Å²) in [5.41, 5.74) is 0.301. The second-order valence-electron chi connectivity index (χ2n) is 5.69. The van der Waals surface area contributed by atoms with E-state index in [1.165, 1.54) is 48.5 Å². The summed E-state index contributed by atoms with van der Waals surface area (Å²) in [6.45, 7) is 0.0523. The number of non-ortho nitro benzene ring substituents is 1. The van der Waals surface area contributed by atoms with E-state index in [2.05, 4.69) is 10.6 Å². The van der Waals surface area contributed by atoms with Crippen molar-refractivity contribution < 1.29 is 23.6 Å². The third-order valence-electron chi connectivity index (χ3n) is 3.75. The number of thiocarbonyl (C=S) groups is 1. The maximum Gasteiger partial charge on any atom is 0.270 e. The summed E-state index contributed by atoms with van der Waals surface area (Å²) in [5, 5.41) is 15.5. The van der Waals surface area contributed by atoms with Crippen molar-refractivity contribution in [2.75, 3.05) is 0 Å². The Hall–Kier alpha value is -3.66. The van der Waals surface area contributed by atoms with Crippen molar-refractivity contribution >= 4 is 40.9 Å². The van der Waals surface area contributed by atoms with E-state index in [-0.39, 0.29) is 34.3 Å². The number of carbonyl (C=O) groups is 2. The first-order chi connectivity index (χ1) is 13.3. The van der Waals surface area contributed by atoms with E-state index in [4.69, 9.17) is 17.0 Å². The van der Waals surface area contributed by atoms with Crippen LogP contribution >= 0.6 is 12.2 Å². The summed E-state index contributed by atoms with van der Waals surface area (Å²) < 4.78 is 18.7. The molecule has 1 aliphatic heterocycles. The Kier molecular flexibility index (Phi) is 5.41. The van der Waals surface area contributed by atoms with Gasteiger partial charge in [0, 0.05) is 17.7 Å². The number of nitro groups is 1. The largest absolute Gasteiger partial charge is 0.488 e. The highest BCUT2D eigenvalue weighted by molar-refractivity contribution is 7.80. The van der Waals surface area contributed by atoms with Gasteiger partial charge in [-0.1, -0.05) is 12.1 Å². The van der Waals surface area contributed by atoms with Crippen LogP contribution in [-0.2, 0) is 16.2 Å². The normalized spacial score (nSPS) is 13.6. The first kappa shape index (κ1) is 19.1. The summed E-state index contributed by atoms with van der Waals surface area (Å²) in [5.74, 6) is -1.65. The molecule has 2 aromatic carbocycles. The lowest BCUT2D eigenvalue weighted by atomic mass is 10.1. The molecule has 2 aromatic rings. The van der Waals surface area contributed by atoms with Crippen molar-refractivity contribution in [1.29, 1.82) is 0 Å². The van der Waals surface area contributed by atoms with Crippen molar-refractivity contribution in [3.05, 3.63) is 75.1 Å². The van der Waals surface area contributed by atoms with Gasteiger partial charge >= 0.3 is 0 Å². The predicted molar refractivity (Wildman–Crippen MR) is 101 cm³/mol. The third kappa shape index (κ3) is 4.35. The summed E-state index contributed by atoms with van der Waals surface area (Å²) in [7, 11) is 0. The zero-order chi connectivity index (χ0) is 20.3. The molecule has 3 rings (SSSR count). The molecule has 2 N–H and O–H groups in total. The molecule has 8 nitrogen and oxygen atoms in total. The maximum atomic E-state index is 13.0. The molecule has 0 aromatic heterocycles. The third-order valence-corrected chi connectivity index (χ3v) is 3.96. The summed E-state index contributed by atoms with van der Waals surface area (Å²) in [4.78, 5) is 34.5. The van der Waals surface area contributed by atoms with Crippen LogP contribution < -0.4 is 15.4 Å². The molecule has 0 aliphatic carbocycles. The Bertz CT molecular complexity index is 998. The van der Waals surface area contributed by atoms with Crippen molar-refractivity contribution in [2.45, 2.75) is 6.61 Å². The van der Waals surface area contributed by atoms with Gasteiger partial charge in [-0.2, -0.15) is 0 Å². The van der Waals surface area contributed by atoms with E-state index in [0.717, 1.165) is 0 Å². The minimum absolute atomic E-state index is 0.0523. The second kappa shape index (κ2) is 7.92. The number of carbonyl (C=O) groups excluding carboxylic acids is 2. The number of hydrogen-bond acceptors (Lipinski definition) is 6. The van der Waals surface area contributed by atoms with Gasteiger partial charge < -0.3 is 4.74 Å². The predicted octanol–water partition coefficient (Wildman–Crippen LogP) is 2.23. The van der Waals surface area contributed by atoms with Crippen molar-refractivity contribution in [1.82, 2.24) is 10.6 Å². The van der Waals surface area contributed by atoms with Crippen LogP contribution in [-0.4, -0.2) is 21.9 Å². The highest BCUT2D eigenvalue weighted by atomic mass is 32.1. The van der Waals surface area contributed by atoms with Gasteiger partial charge in [-0.25, -0.2) is 4.39 Å². The van der Waals surface area contributed by atoms with Crippen LogP contribution in [0.1, 0.15) is 11.1 Å². The number of benzene rings is 2. The quantitative estimate of drug-likeness (QED) is 0.261. The average molecular weight is 401 g/mol. The van der Waals surface area contributed by atoms with Gasteiger partial charge in [0.2, 0.25) is 0 Å². The van der Waals surface area contributed by atoms with E-state index < -0.39 is 22.6 Å². The van der Waals surface area contributed by atoms with Crippen LogP contribution in [0.25, 0.3) is 6.08 Å². The van der Waals surface area contributed by atoms with Gasteiger partial charge in [-0.05, 0) is 42.1 Å². The van der Waals surface area contributed by atoms with Crippen molar-refractivity contribution in [3.8, 4) is 5.75 Å². The van der Waals surface area contributed by atoms with Gasteiger partial charge in [-0.15, -0.1) is 0 Å². The number of nitrogens with zero attached hydrogens (tertiary/aromatic N) is 1. The minimum atomic E-state index is -0.732. The lowest BCUT2D eigenvalue weighted by Crippen LogP contribution is -2.51. The lowest BCUT2D eigenvalue weighted by molar-refractivity contribution is -0.384. The molecule has 28 heavy (non-hydrogen) atoms. The van der Waals surface area contributed by atoms with E-state index >= 15 is 0 Å². The van der Waals surface area contributed by atoms with Crippen LogP contribution in [0.2, 0.25) is 0 Å². The van der Waals surface area contributed by atoms with E-state index in [9.17, 15) is 24.1 Å². The Morgan fingerprint density at radius 3 is 2.36 bits per heavy atom. The van der Waals surface area contributed by atoms with Crippen LogP contribution in [0, 0.1) is 15.9 Å². The minimum Gasteiger partial charge on any atom is -0.488 e.